The molecule has 2 aromatic rings. The van der Waals surface area contributed by atoms with E-state index in [9.17, 15) is 34.2 Å². The molecule has 0 spiro atoms. The summed E-state index contributed by atoms with van der Waals surface area (Å²) in [5.41, 5.74) is -1.47. The molecule has 2 rings (SSSR count). The fourth-order valence-electron chi connectivity index (χ4n) is 1.78. The van der Waals surface area contributed by atoms with Crippen LogP contribution >= 0.6 is 11.3 Å². The summed E-state index contributed by atoms with van der Waals surface area (Å²) in [6, 6.07) is 3.20. The van der Waals surface area contributed by atoms with E-state index < -0.39 is 54.8 Å². The van der Waals surface area contributed by atoms with Crippen LogP contribution in [0.25, 0.3) is 0 Å². The maximum atomic E-state index is 13.0. The Morgan fingerprint density at radius 2 is 1.58 bits per heavy atom. The van der Waals surface area contributed by atoms with Crippen LogP contribution < -0.4 is 0 Å². The first kappa shape index (κ1) is 20.8. The first-order chi connectivity index (χ1) is 11.6. The van der Waals surface area contributed by atoms with Gasteiger partial charge in [-0.25, -0.2) is 17.6 Å². The lowest BCUT2D eigenvalue weighted by atomic mass is 10.3. The summed E-state index contributed by atoms with van der Waals surface area (Å²) in [6.07, 6.45) is -1.95. The topological polar surface area (TPSA) is 111 Å². The molecule has 2 heterocycles. The molecule has 0 aliphatic rings. The van der Waals surface area contributed by atoms with E-state index in [-0.39, 0.29) is 11.3 Å². The Labute approximate surface area is 152 Å². The fraction of sp³-hybridized carbons (Fsp3) is 0.250. The summed E-state index contributed by atoms with van der Waals surface area (Å²) in [5.74, 6) is 0. The van der Waals surface area contributed by atoms with Gasteiger partial charge in [0.05, 0.1) is 15.3 Å². The highest BCUT2D eigenvalue weighted by molar-refractivity contribution is 8.03. The Morgan fingerprint density at radius 1 is 1.00 bits per heavy atom. The lowest BCUT2D eigenvalue weighted by Crippen LogP contribution is -2.14. The minimum atomic E-state index is -4.96. The van der Waals surface area contributed by atoms with Crippen molar-refractivity contribution in [2.75, 3.05) is 12.5 Å². The summed E-state index contributed by atoms with van der Waals surface area (Å²) in [5, 5.41) is -1.23. The zero-order valence-corrected chi connectivity index (χ0v) is 16.4. The Balaban J connectivity index is 2.63. The van der Waals surface area contributed by atoms with E-state index in [2.05, 4.69) is 8.75 Å². The number of rotatable bonds is 4. The largest absolute Gasteiger partial charge is 0.419 e. The van der Waals surface area contributed by atoms with Crippen molar-refractivity contribution in [1.82, 2.24) is 4.98 Å². The van der Waals surface area contributed by atoms with Crippen molar-refractivity contribution in [1.29, 1.82) is 0 Å². The van der Waals surface area contributed by atoms with Crippen LogP contribution in [0.4, 0.5) is 13.2 Å². The zero-order chi connectivity index (χ0) is 20.0. The molecule has 0 fully saturated rings. The van der Waals surface area contributed by atoms with Crippen molar-refractivity contribution in [3.05, 3.63) is 36.0 Å². The first-order valence-corrected chi connectivity index (χ1v) is 12.5. The van der Waals surface area contributed by atoms with Crippen molar-refractivity contribution < 1.29 is 34.2 Å². The summed E-state index contributed by atoms with van der Waals surface area (Å²) in [7, 11) is -12.2. The maximum Gasteiger partial charge on any atom is 0.419 e. The highest BCUT2D eigenvalue weighted by Gasteiger charge is 2.39. The Bertz CT molecular complexity index is 1170. The average Bonchev–Trinajstić information content (AvgIpc) is 2.95. The first-order valence-electron chi connectivity index (χ1n) is 6.45. The number of thiophene rings is 1. The summed E-state index contributed by atoms with van der Waals surface area (Å²) < 4.78 is 102. The normalized spacial score (nSPS) is 13.6. The number of sulfonamides is 1. The number of hydrogen-bond donors (Lipinski definition) is 0. The number of halogens is 3. The predicted octanol–water partition coefficient (Wildman–Crippen LogP) is 2.41. The lowest BCUT2D eigenvalue weighted by Gasteiger charge is -2.10. The van der Waals surface area contributed by atoms with Crippen molar-refractivity contribution in [3.8, 4) is 0 Å². The van der Waals surface area contributed by atoms with Gasteiger partial charge in [-0.15, -0.1) is 15.1 Å². The number of pyridine rings is 1. The van der Waals surface area contributed by atoms with Crippen LogP contribution in [0.3, 0.4) is 0 Å². The molecule has 144 valence electrons. The molecule has 26 heavy (non-hydrogen) atoms. The van der Waals surface area contributed by atoms with Crippen molar-refractivity contribution in [2.45, 2.75) is 19.6 Å². The van der Waals surface area contributed by atoms with E-state index in [0.29, 0.717) is 6.07 Å². The van der Waals surface area contributed by atoms with Crippen molar-refractivity contribution in [3.63, 3.8) is 0 Å². The van der Waals surface area contributed by atoms with Gasteiger partial charge in [-0.05, 0) is 24.3 Å². The number of aromatic nitrogens is 1. The number of sulfone groups is 1. The molecule has 0 bridgehead atoms. The average molecular weight is 448 g/mol. The summed E-state index contributed by atoms with van der Waals surface area (Å²) in [6.45, 7) is 0. The number of nitrogens with zero attached hydrogens (tertiary/aromatic N) is 2. The third-order valence-electron chi connectivity index (χ3n) is 2.68. The van der Waals surface area contributed by atoms with Gasteiger partial charge < -0.3 is 0 Å². The minimum Gasteiger partial charge on any atom is -0.249 e. The molecule has 0 unspecified atom stereocenters. The van der Waals surface area contributed by atoms with Crippen LogP contribution in [0.5, 0.6) is 0 Å². The number of hydrogen-bond acceptors (Lipinski definition) is 7. The van der Waals surface area contributed by atoms with Crippen LogP contribution in [0.1, 0.15) is 5.56 Å². The van der Waals surface area contributed by atoms with E-state index in [0.717, 1.165) is 36.9 Å². The Hall–Kier alpha value is -1.51. The van der Waals surface area contributed by atoms with Crippen LogP contribution in [0.15, 0.2) is 47.7 Å². The number of alkyl halides is 3. The molecular formula is C12H11F3N2O5S4. The van der Waals surface area contributed by atoms with Gasteiger partial charge in [-0.1, -0.05) is 0 Å². The van der Waals surface area contributed by atoms with E-state index in [1.807, 2.05) is 0 Å². The molecule has 0 aliphatic carbocycles. The van der Waals surface area contributed by atoms with E-state index in [1.165, 1.54) is 0 Å². The molecule has 7 nitrogen and oxygen atoms in total. The van der Waals surface area contributed by atoms with Crippen LogP contribution in [0.2, 0.25) is 0 Å². The summed E-state index contributed by atoms with van der Waals surface area (Å²) in [4.78, 5) is 3.30. The van der Waals surface area contributed by atoms with Gasteiger partial charge in [0, 0.05) is 18.7 Å². The van der Waals surface area contributed by atoms with Crippen LogP contribution in [-0.2, 0) is 35.8 Å². The molecule has 0 saturated heterocycles. The minimum absolute atomic E-state index is 0.199. The maximum absolute atomic E-state index is 13.0. The molecule has 0 aliphatic heterocycles. The second-order valence-corrected chi connectivity index (χ2v) is 12.9. The van der Waals surface area contributed by atoms with Gasteiger partial charge in [0.1, 0.15) is 8.42 Å². The van der Waals surface area contributed by atoms with Gasteiger partial charge in [-0.2, -0.15) is 21.6 Å². The smallest absolute Gasteiger partial charge is 0.249 e. The van der Waals surface area contributed by atoms with Gasteiger partial charge >= 0.3 is 6.18 Å². The zero-order valence-electron chi connectivity index (χ0n) is 13.1. The SMILES string of the molecule is CS(C)(=O)=NS(=O)(=O)c1ccc(S(=O)(=O)c2ncccc2C(F)(F)F)s1. The Morgan fingerprint density at radius 3 is 2.12 bits per heavy atom. The summed E-state index contributed by atoms with van der Waals surface area (Å²) >= 11 is 0.199. The van der Waals surface area contributed by atoms with Gasteiger partial charge in [0.25, 0.3) is 10.0 Å². The molecule has 0 N–H and O–H groups in total. The van der Waals surface area contributed by atoms with E-state index in [1.54, 1.807) is 0 Å². The second kappa shape index (κ2) is 6.58. The molecule has 2 aromatic heterocycles. The molecule has 0 aromatic carbocycles. The quantitative estimate of drug-likeness (QED) is 0.710. The third-order valence-corrected chi connectivity index (χ3v) is 9.51. The van der Waals surface area contributed by atoms with Crippen LogP contribution in [0, 0.1) is 0 Å². The molecule has 14 heteroatoms. The molecule has 0 atom stereocenters. The van der Waals surface area contributed by atoms with Gasteiger partial charge in [-0.3, -0.25) is 0 Å². The third kappa shape index (κ3) is 4.42. The van der Waals surface area contributed by atoms with Crippen LogP contribution in [-0.4, -0.2) is 38.5 Å². The second-order valence-electron chi connectivity index (χ2n) is 5.16. The van der Waals surface area contributed by atoms with Crippen molar-refractivity contribution in [2.24, 2.45) is 3.77 Å². The monoisotopic (exact) mass is 448 g/mol. The standard InChI is InChI=1S/C12H11F3N2O5S4/c1-24(2,18)17-26(21,22)10-6-5-9(23-10)25(19,20)11-8(12(13,14)15)4-3-7-16-11/h3-7H,1-2H3. The fourth-order valence-corrected chi connectivity index (χ4v) is 7.85. The highest BCUT2D eigenvalue weighted by atomic mass is 32.3. The van der Waals surface area contributed by atoms with Gasteiger partial charge in [0.15, 0.2) is 5.03 Å². The molecule has 0 radical (unpaired) electrons. The predicted molar refractivity (Wildman–Crippen MR) is 88.6 cm³/mol. The molecule has 0 saturated carbocycles. The molecular weight excluding hydrogens is 437 g/mol. The van der Waals surface area contributed by atoms with Crippen molar-refractivity contribution >= 4 is 40.9 Å². The lowest BCUT2D eigenvalue weighted by molar-refractivity contribution is -0.140. The van der Waals surface area contributed by atoms with E-state index >= 15 is 0 Å². The molecule has 0 amide bonds. The van der Waals surface area contributed by atoms with Gasteiger partial charge in [0.2, 0.25) is 9.84 Å². The van der Waals surface area contributed by atoms with E-state index in [4.69, 9.17) is 0 Å². The Kier molecular flexibility index (Phi) is 5.26. The highest BCUT2D eigenvalue weighted by Crippen LogP contribution is 2.37.